The topological polar surface area (TPSA) is 75.6 Å². The Labute approximate surface area is 127 Å². The first-order valence-corrected chi connectivity index (χ1v) is 8.73. The summed E-state index contributed by atoms with van der Waals surface area (Å²) in [7, 11) is -3.53. The maximum Gasteiger partial charge on any atom is 0.241 e. The van der Waals surface area contributed by atoms with Gasteiger partial charge in [-0.15, -0.1) is 0 Å². The maximum absolute atomic E-state index is 12.4. The Kier molecular flexibility index (Phi) is 6.64. The zero-order valence-corrected chi connectivity index (χ0v) is 13.7. The zero-order chi connectivity index (χ0) is 15.9. The summed E-state index contributed by atoms with van der Waals surface area (Å²) in [5.74, 6) is 0.594. The molecule has 0 spiro atoms. The Balaban J connectivity index is 2.80. The van der Waals surface area contributed by atoms with Crippen LogP contribution in [0.3, 0.4) is 0 Å². The lowest BCUT2D eigenvalue weighted by atomic mass is 9.98. The van der Waals surface area contributed by atoms with Gasteiger partial charge in [-0.2, -0.15) is 0 Å². The van der Waals surface area contributed by atoms with Crippen LogP contribution in [0.25, 0.3) is 0 Å². The summed E-state index contributed by atoms with van der Waals surface area (Å²) in [5, 5.41) is 8.68. The molecule has 0 aliphatic carbocycles. The first-order valence-electron chi connectivity index (χ1n) is 7.24. The second kappa shape index (κ2) is 7.77. The van der Waals surface area contributed by atoms with Crippen molar-refractivity contribution >= 4 is 10.0 Å². The van der Waals surface area contributed by atoms with Crippen molar-refractivity contribution in [1.29, 1.82) is 0 Å². The quantitative estimate of drug-likeness (QED) is 0.686. The molecular weight excluding hydrogens is 290 g/mol. The standard InChI is InChI=1S/C15H25NO4S/c1-4-15(3,5-2)16-21(18,19)14-9-7-13(8-10-14)20-12-6-11-17/h7-10,16-17H,4-6,11-12H2,1-3H3. The highest BCUT2D eigenvalue weighted by Crippen LogP contribution is 2.21. The first kappa shape index (κ1) is 17.9. The van der Waals surface area contributed by atoms with Crippen molar-refractivity contribution in [3.8, 4) is 5.75 Å². The maximum atomic E-state index is 12.4. The third kappa shape index (κ3) is 5.30. The minimum absolute atomic E-state index is 0.0724. The van der Waals surface area contributed by atoms with Crippen molar-refractivity contribution < 1.29 is 18.3 Å². The molecule has 0 aliphatic rings. The summed E-state index contributed by atoms with van der Waals surface area (Å²) >= 11 is 0. The van der Waals surface area contributed by atoms with Gasteiger partial charge in [0.05, 0.1) is 11.5 Å². The number of hydrogen-bond acceptors (Lipinski definition) is 4. The van der Waals surface area contributed by atoms with Gasteiger partial charge in [0.15, 0.2) is 0 Å². The van der Waals surface area contributed by atoms with E-state index in [0.717, 1.165) is 12.8 Å². The predicted molar refractivity (Wildman–Crippen MR) is 82.9 cm³/mol. The summed E-state index contributed by atoms with van der Waals surface area (Å²) in [4.78, 5) is 0.227. The summed E-state index contributed by atoms with van der Waals surface area (Å²) in [6.45, 7) is 6.30. The van der Waals surface area contributed by atoms with Gasteiger partial charge in [-0.25, -0.2) is 13.1 Å². The average Bonchev–Trinajstić information content (AvgIpc) is 2.47. The van der Waals surface area contributed by atoms with Crippen LogP contribution in [0.4, 0.5) is 0 Å². The molecule has 0 amide bonds. The molecule has 0 aromatic heterocycles. The molecule has 0 bridgehead atoms. The molecule has 0 heterocycles. The minimum atomic E-state index is -3.53. The van der Waals surface area contributed by atoms with Crippen molar-refractivity contribution in [2.75, 3.05) is 13.2 Å². The van der Waals surface area contributed by atoms with Crippen LogP contribution in [-0.4, -0.2) is 32.3 Å². The molecule has 6 heteroatoms. The van der Waals surface area contributed by atoms with Gasteiger partial charge >= 0.3 is 0 Å². The fourth-order valence-electron chi connectivity index (χ4n) is 1.75. The molecule has 5 nitrogen and oxygen atoms in total. The summed E-state index contributed by atoms with van der Waals surface area (Å²) in [6.07, 6.45) is 2.00. The second-order valence-electron chi connectivity index (χ2n) is 5.27. The minimum Gasteiger partial charge on any atom is -0.494 e. The summed E-state index contributed by atoms with van der Waals surface area (Å²) in [6, 6.07) is 6.31. The van der Waals surface area contributed by atoms with Crippen LogP contribution in [0, 0.1) is 0 Å². The van der Waals surface area contributed by atoms with Gasteiger partial charge in [-0.3, -0.25) is 0 Å². The highest BCUT2D eigenvalue weighted by molar-refractivity contribution is 7.89. The number of aliphatic hydroxyl groups excluding tert-OH is 1. The van der Waals surface area contributed by atoms with E-state index in [0.29, 0.717) is 18.8 Å². The number of nitrogens with one attached hydrogen (secondary N) is 1. The van der Waals surface area contributed by atoms with Gasteiger partial charge in [0.2, 0.25) is 10.0 Å². The van der Waals surface area contributed by atoms with Gasteiger partial charge in [-0.1, -0.05) is 13.8 Å². The van der Waals surface area contributed by atoms with E-state index in [9.17, 15) is 8.42 Å². The number of sulfonamides is 1. The fourth-order valence-corrected chi connectivity index (χ4v) is 3.30. The van der Waals surface area contributed by atoms with E-state index in [1.807, 2.05) is 20.8 Å². The van der Waals surface area contributed by atoms with Gasteiger partial charge in [0, 0.05) is 18.6 Å². The van der Waals surface area contributed by atoms with Crippen LogP contribution in [0.2, 0.25) is 0 Å². The first-order chi connectivity index (χ1) is 9.87. The van der Waals surface area contributed by atoms with Crippen LogP contribution >= 0.6 is 0 Å². The average molecular weight is 315 g/mol. The van der Waals surface area contributed by atoms with Crippen LogP contribution in [0.1, 0.15) is 40.0 Å². The van der Waals surface area contributed by atoms with Gasteiger partial charge in [0.25, 0.3) is 0 Å². The molecule has 1 aromatic rings. The van der Waals surface area contributed by atoms with Crippen molar-refractivity contribution in [2.45, 2.75) is 50.5 Å². The van der Waals surface area contributed by atoms with Crippen molar-refractivity contribution in [1.82, 2.24) is 4.72 Å². The summed E-state index contributed by atoms with van der Waals surface area (Å²) < 4.78 is 32.8. The Bertz CT molecular complexity index is 521. The SMILES string of the molecule is CCC(C)(CC)NS(=O)(=O)c1ccc(OCCCO)cc1. The van der Waals surface area contributed by atoms with E-state index >= 15 is 0 Å². The van der Waals surface area contributed by atoms with E-state index in [-0.39, 0.29) is 11.5 Å². The Morgan fingerprint density at radius 2 is 1.76 bits per heavy atom. The van der Waals surface area contributed by atoms with Gasteiger partial charge < -0.3 is 9.84 Å². The van der Waals surface area contributed by atoms with E-state index in [4.69, 9.17) is 9.84 Å². The Morgan fingerprint density at radius 1 is 1.19 bits per heavy atom. The molecule has 120 valence electrons. The Morgan fingerprint density at radius 3 is 2.24 bits per heavy atom. The third-order valence-corrected chi connectivity index (χ3v) is 5.30. The lowest BCUT2D eigenvalue weighted by Gasteiger charge is -2.27. The normalized spacial score (nSPS) is 12.4. The molecule has 0 saturated heterocycles. The van der Waals surface area contributed by atoms with E-state index in [2.05, 4.69) is 4.72 Å². The molecule has 0 fully saturated rings. The van der Waals surface area contributed by atoms with Crippen LogP contribution in [0.5, 0.6) is 5.75 Å². The number of ether oxygens (including phenoxy) is 1. The summed E-state index contributed by atoms with van der Waals surface area (Å²) in [5.41, 5.74) is -0.435. The lowest BCUT2D eigenvalue weighted by molar-refractivity contribution is 0.233. The van der Waals surface area contributed by atoms with Crippen molar-refractivity contribution in [2.24, 2.45) is 0 Å². The third-order valence-electron chi connectivity index (χ3n) is 3.65. The molecular formula is C15H25NO4S. The Hall–Kier alpha value is -1.11. The second-order valence-corrected chi connectivity index (χ2v) is 6.95. The smallest absolute Gasteiger partial charge is 0.241 e. The molecule has 2 N–H and O–H groups in total. The molecule has 1 aromatic carbocycles. The zero-order valence-electron chi connectivity index (χ0n) is 12.9. The molecule has 0 aliphatic heterocycles. The predicted octanol–water partition coefficient (Wildman–Crippen LogP) is 2.30. The number of benzene rings is 1. The van der Waals surface area contributed by atoms with E-state index < -0.39 is 15.6 Å². The van der Waals surface area contributed by atoms with Crippen LogP contribution in [0.15, 0.2) is 29.2 Å². The molecule has 21 heavy (non-hydrogen) atoms. The number of hydrogen-bond donors (Lipinski definition) is 2. The van der Waals surface area contributed by atoms with Crippen molar-refractivity contribution in [3.05, 3.63) is 24.3 Å². The largest absolute Gasteiger partial charge is 0.494 e. The van der Waals surface area contributed by atoms with Crippen LogP contribution < -0.4 is 9.46 Å². The highest BCUT2D eigenvalue weighted by atomic mass is 32.2. The van der Waals surface area contributed by atoms with Gasteiger partial charge in [0.1, 0.15) is 5.75 Å². The lowest BCUT2D eigenvalue weighted by Crippen LogP contribution is -2.44. The molecule has 0 radical (unpaired) electrons. The monoisotopic (exact) mass is 315 g/mol. The fraction of sp³-hybridized carbons (Fsp3) is 0.600. The molecule has 0 atom stereocenters. The molecule has 0 saturated carbocycles. The van der Waals surface area contributed by atoms with Crippen molar-refractivity contribution in [3.63, 3.8) is 0 Å². The number of aliphatic hydroxyl groups is 1. The molecule has 0 unspecified atom stereocenters. The highest BCUT2D eigenvalue weighted by Gasteiger charge is 2.27. The van der Waals surface area contributed by atoms with Crippen LogP contribution in [-0.2, 0) is 10.0 Å². The molecule has 1 rings (SSSR count). The van der Waals surface area contributed by atoms with E-state index in [1.165, 1.54) is 12.1 Å². The number of rotatable bonds is 9. The van der Waals surface area contributed by atoms with Gasteiger partial charge in [-0.05, 0) is 44.0 Å². The van der Waals surface area contributed by atoms with E-state index in [1.54, 1.807) is 12.1 Å².